The van der Waals surface area contributed by atoms with E-state index in [4.69, 9.17) is 4.74 Å². The van der Waals surface area contributed by atoms with Crippen LogP contribution in [0.3, 0.4) is 0 Å². The summed E-state index contributed by atoms with van der Waals surface area (Å²) < 4.78 is 5.24. The van der Waals surface area contributed by atoms with Gasteiger partial charge in [-0.05, 0) is 18.8 Å². The molecule has 1 aromatic rings. The Morgan fingerprint density at radius 1 is 1.25 bits per heavy atom. The Hall–Kier alpha value is -1.72. The average molecular weight is 277 g/mol. The summed E-state index contributed by atoms with van der Waals surface area (Å²) in [7, 11) is 0. The molecule has 0 amide bonds. The topological polar surface area (TPSA) is 75.6 Å². The number of carboxylic acids is 1. The quantitative estimate of drug-likeness (QED) is 0.767. The van der Waals surface area contributed by atoms with E-state index in [-0.39, 0.29) is 18.2 Å². The molecule has 108 valence electrons. The Kier molecular flexibility index (Phi) is 5.26. The van der Waals surface area contributed by atoms with Crippen molar-refractivity contribution in [3.8, 4) is 0 Å². The molecule has 1 atom stereocenters. The number of aliphatic carboxylic acids is 1. The van der Waals surface area contributed by atoms with Crippen molar-refractivity contribution in [2.24, 2.45) is 5.92 Å². The zero-order valence-electron chi connectivity index (χ0n) is 11.2. The molecule has 0 aliphatic carbocycles. The van der Waals surface area contributed by atoms with Gasteiger partial charge in [-0.25, -0.2) is 0 Å². The van der Waals surface area contributed by atoms with Crippen LogP contribution in [0, 0.1) is 5.92 Å². The van der Waals surface area contributed by atoms with Gasteiger partial charge in [0.2, 0.25) is 0 Å². The fraction of sp³-hybridized carbons (Fsp3) is 0.467. The summed E-state index contributed by atoms with van der Waals surface area (Å²) in [5.74, 6) is -0.980. The number of nitrogens with one attached hydrogen (secondary N) is 1. The van der Waals surface area contributed by atoms with E-state index in [0.29, 0.717) is 31.6 Å². The van der Waals surface area contributed by atoms with Crippen molar-refractivity contribution in [2.45, 2.75) is 18.9 Å². The minimum atomic E-state index is -0.905. The highest BCUT2D eigenvalue weighted by atomic mass is 16.5. The van der Waals surface area contributed by atoms with Gasteiger partial charge in [-0.2, -0.15) is 0 Å². The van der Waals surface area contributed by atoms with Crippen LogP contribution in [0.5, 0.6) is 0 Å². The molecule has 5 heteroatoms. The highest BCUT2D eigenvalue weighted by Crippen LogP contribution is 2.19. The van der Waals surface area contributed by atoms with Crippen molar-refractivity contribution in [2.75, 3.05) is 19.8 Å². The molecular weight excluding hydrogens is 258 g/mol. The number of Topliss-reactive ketones (excluding diaryl/α,β-unsaturated/α-hetero) is 1. The number of ether oxygens (including phenoxy) is 1. The second kappa shape index (κ2) is 7.17. The first-order chi connectivity index (χ1) is 9.68. The SMILES string of the molecule is O=C(CN[C@H](C(=O)O)C1CCOCC1)c1ccccc1. The highest BCUT2D eigenvalue weighted by Gasteiger charge is 2.29. The number of carbonyl (C=O) groups excluding carboxylic acids is 1. The molecule has 1 aliphatic heterocycles. The van der Waals surface area contributed by atoms with Crippen LogP contribution in [0.4, 0.5) is 0 Å². The summed E-state index contributed by atoms with van der Waals surface area (Å²) >= 11 is 0. The number of ketones is 1. The van der Waals surface area contributed by atoms with Crippen molar-refractivity contribution in [1.82, 2.24) is 5.32 Å². The van der Waals surface area contributed by atoms with Crippen LogP contribution in [0.2, 0.25) is 0 Å². The number of rotatable bonds is 6. The monoisotopic (exact) mass is 277 g/mol. The molecule has 1 saturated heterocycles. The molecule has 0 spiro atoms. The van der Waals surface area contributed by atoms with Gasteiger partial charge in [0.15, 0.2) is 5.78 Å². The molecule has 5 nitrogen and oxygen atoms in total. The molecule has 1 fully saturated rings. The number of hydrogen-bond donors (Lipinski definition) is 2. The van der Waals surface area contributed by atoms with Gasteiger partial charge in [0.05, 0.1) is 6.54 Å². The molecule has 2 rings (SSSR count). The molecule has 0 radical (unpaired) electrons. The lowest BCUT2D eigenvalue weighted by Gasteiger charge is -2.28. The van der Waals surface area contributed by atoms with E-state index in [1.165, 1.54) is 0 Å². The first-order valence-corrected chi connectivity index (χ1v) is 6.80. The Balaban J connectivity index is 1.92. The second-order valence-corrected chi connectivity index (χ2v) is 4.94. The second-order valence-electron chi connectivity index (χ2n) is 4.94. The van der Waals surface area contributed by atoms with Crippen molar-refractivity contribution >= 4 is 11.8 Å². The Bertz CT molecular complexity index is 454. The number of benzene rings is 1. The van der Waals surface area contributed by atoms with Crippen LogP contribution in [-0.2, 0) is 9.53 Å². The molecule has 0 saturated carbocycles. The van der Waals surface area contributed by atoms with Gasteiger partial charge in [-0.1, -0.05) is 30.3 Å². The van der Waals surface area contributed by atoms with E-state index < -0.39 is 12.0 Å². The van der Waals surface area contributed by atoms with Crippen LogP contribution < -0.4 is 5.32 Å². The fourth-order valence-corrected chi connectivity index (χ4v) is 2.43. The standard InChI is InChI=1S/C15H19NO4/c17-13(11-4-2-1-3-5-11)10-16-14(15(18)19)12-6-8-20-9-7-12/h1-5,12,14,16H,6-10H2,(H,18,19)/t14-/m0/s1. The van der Waals surface area contributed by atoms with Crippen molar-refractivity contribution in [3.05, 3.63) is 35.9 Å². The Labute approximate surface area is 117 Å². The molecule has 1 heterocycles. The maximum atomic E-state index is 12.0. The van der Waals surface area contributed by atoms with E-state index in [1.807, 2.05) is 6.07 Å². The van der Waals surface area contributed by atoms with Crippen LogP contribution in [-0.4, -0.2) is 42.7 Å². The maximum absolute atomic E-state index is 12.0. The summed E-state index contributed by atoms with van der Waals surface area (Å²) in [5.41, 5.74) is 0.594. The van der Waals surface area contributed by atoms with E-state index in [2.05, 4.69) is 5.32 Å². The lowest BCUT2D eigenvalue weighted by molar-refractivity contribution is -0.141. The number of carbonyl (C=O) groups is 2. The third kappa shape index (κ3) is 3.88. The molecule has 1 aromatic carbocycles. The Morgan fingerprint density at radius 2 is 1.90 bits per heavy atom. The lowest BCUT2D eigenvalue weighted by atomic mass is 9.91. The first kappa shape index (κ1) is 14.7. The zero-order chi connectivity index (χ0) is 14.4. The molecule has 0 aromatic heterocycles. The summed E-state index contributed by atoms with van der Waals surface area (Å²) in [6.45, 7) is 1.21. The van der Waals surface area contributed by atoms with E-state index in [0.717, 1.165) is 0 Å². The van der Waals surface area contributed by atoms with Crippen LogP contribution >= 0.6 is 0 Å². The van der Waals surface area contributed by atoms with Gasteiger partial charge in [0.25, 0.3) is 0 Å². The van der Waals surface area contributed by atoms with Gasteiger partial charge >= 0.3 is 5.97 Å². The smallest absolute Gasteiger partial charge is 0.320 e. The van der Waals surface area contributed by atoms with E-state index in [9.17, 15) is 14.7 Å². The molecule has 1 aliphatic rings. The first-order valence-electron chi connectivity index (χ1n) is 6.80. The summed E-state index contributed by atoms with van der Waals surface area (Å²) in [5, 5.41) is 12.2. The van der Waals surface area contributed by atoms with Gasteiger partial charge < -0.3 is 9.84 Å². The third-order valence-electron chi connectivity index (χ3n) is 3.58. The molecule has 2 N–H and O–H groups in total. The van der Waals surface area contributed by atoms with Crippen molar-refractivity contribution in [1.29, 1.82) is 0 Å². The normalized spacial score (nSPS) is 17.6. The molecular formula is C15H19NO4. The predicted octanol–water partition coefficient (Wildman–Crippen LogP) is 1.34. The van der Waals surface area contributed by atoms with Gasteiger partial charge in [0, 0.05) is 18.8 Å². The minimum absolute atomic E-state index is 0.0184. The Morgan fingerprint density at radius 3 is 2.50 bits per heavy atom. The fourth-order valence-electron chi connectivity index (χ4n) is 2.43. The van der Waals surface area contributed by atoms with Gasteiger partial charge in [-0.3, -0.25) is 14.9 Å². The predicted molar refractivity (Wildman–Crippen MR) is 73.7 cm³/mol. The molecule has 0 bridgehead atoms. The van der Waals surface area contributed by atoms with Crippen LogP contribution in [0.15, 0.2) is 30.3 Å². The average Bonchev–Trinajstić information content (AvgIpc) is 2.49. The van der Waals surface area contributed by atoms with Crippen LogP contribution in [0.1, 0.15) is 23.2 Å². The highest BCUT2D eigenvalue weighted by molar-refractivity contribution is 5.97. The molecule has 0 unspecified atom stereocenters. The van der Waals surface area contributed by atoms with Crippen molar-refractivity contribution < 1.29 is 19.4 Å². The summed E-state index contributed by atoms with van der Waals surface area (Å²) in [6, 6.07) is 8.20. The maximum Gasteiger partial charge on any atom is 0.320 e. The van der Waals surface area contributed by atoms with Gasteiger partial charge in [-0.15, -0.1) is 0 Å². The minimum Gasteiger partial charge on any atom is -0.480 e. The summed E-state index contributed by atoms with van der Waals surface area (Å²) in [4.78, 5) is 23.3. The molecule has 20 heavy (non-hydrogen) atoms. The number of carboxylic acid groups (broad SMARTS) is 1. The largest absolute Gasteiger partial charge is 0.480 e. The zero-order valence-corrected chi connectivity index (χ0v) is 11.2. The lowest BCUT2D eigenvalue weighted by Crippen LogP contribution is -2.46. The van der Waals surface area contributed by atoms with E-state index in [1.54, 1.807) is 24.3 Å². The number of hydrogen-bond acceptors (Lipinski definition) is 4. The van der Waals surface area contributed by atoms with Crippen LogP contribution in [0.25, 0.3) is 0 Å². The summed E-state index contributed by atoms with van der Waals surface area (Å²) in [6.07, 6.45) is 1.42. The van der Waals surface area contributed by atoms with Crippen molar-refractivity contribution in [3.63, 3.8) is 0 Å². The van der Waals surface area contributed by atoms with Gasteiger partial charge in [0.1, 0.15) is 6.04 Å². The third-order valence-corrected chi connectivity index (χ3v) is 3.58. The van der Waals surface area contributed by atoms with E-state index >= 15 is 0 Å².